The Hall–Kier alpha value is -3.54. The highest BCUT2D eigenvalue weighted by molar-refractivity contribution is 6.34. The van der Waals surface area contributed by atoms with Crippen molar-refractivity contribution >= 4 is 35.1 Å². The van der Waals surface area contributed by atoms with Crippen molar-refractivity contribution in [2.24, 2.45) is 5.90 Å². The van der Waals surface area contributed by atoms with Crippen LogP contribution in [-0.4, -0.2) is 51.7 Å². The number of aryl methyl sites for hydroxylation is 1. The molecule has 2 heterocycles. The molecule has 176 valence electrons. The van der Waals surface area contributed by atoms with E-state index in [4.69, 9.17) is 5.90 Å². The Morgan fingerprint density at radius 3 is 2.70 bits per heavy atom. The second kappa shape index (κ2) is 9.94. The van der Waals surface area contributed by atoms with Gasteiger partial charge in [0.15, 0.2) is 0 Å². The molecule has 7 N–H and O–H groups in total. The fourth-order valence-electron chi connectivity index (χ4n) is 3.73. The molecular weight excluding hydrogens is 435 g/mol. The first-order valence-electron chi connectivity index (χ1n) is 10.2. The molecule has 33 heavy (non-hydrogen) atoms. The number of amides is 2. The van der Waals surface area contributed by atoms with Crippen molar-refractivity contribution in [3.8, 4) is 0 Å². The Morgan fingerprint density at radius 2 is 2.00 bits per heavy atom. The molecule has 1 aliphatic rings. The lowest BCUT2D eigenvalue weighted by Crippen LogP contribution is -2.35. The van der Waals surface area contributed by atoms with Crippen molar-refractivity contribution in [1.29, 1.82) is 0 Å². The summed E-state index contributed by atoms with van der Waals surface area (Å²) in [7, 11) is 0. The molecule has 3 rings (SSSR count). The number of aromatic amines is 1. The number of anilines is 1. The van der Waals surface area contributed by atoms with E-state index < -0.39 is 29.9 Å². The van der Waals surface area contributed by atoms with Crippen LogP contribution in [0.15, 0.2) is 18.2 Å². The fourth-order valence-corrected chi connectivity index (χ4v) is 3.73. The zero-order valence-corrected chi connectivity index (χ0v) is 18.1. The van der Waals surface area contributed by atoms with E-state index in [1.54, 1.807) is 19.9 Å². The number of hydrogen-bond donors (Lipinski definition) is 6. The second-order valence-corrected chi connectivity index (χ2v) is 7.81. The zero-order chi connectivity index (χ0) is 24.3. The highest BCUT2D eigenvalue weighted by atomic mass is 19.1. The van der Waals surface area contributed by atoms with Crippen LogP contribution in [0.1, 0.15) is 45.7 Å². The van der Waals surface area contributed by atoms with E-state index in [9.17, 15) is 29.0 Å². The Labute approximate surface area is 188 Å². The van der Waals surface area contributed by atoms with E-state index in [2.05, 4.69) is 20.5 Å². The number of carbonyl (C=O) groups is 3. The first kappa shape index (κ1) is 24.1. The predicted molar refractivity (Wildman–Crippen MR) is 117 cm³/mol. The largest absolute Gasteiger partial charge is 0.392 e. The number of hydrogen-bond acceptors (Lipinski definition) is 7. The van der Waals surface area contributed by atoms with E-state index in [1.807, 2.05) is 0 Å². The number of aliphatic hydroxyl groups excluding tert-OH is 2. The number of aliphatic hydroxyl groups is 2. The Kier molecular flexibility index (Phi) is 7.26. The summed E-state index contributed by atoms with van der Waals surface area (Å²) in [5, 5.41) is 25.0. The molecule has 0 saturated heterocycles. The first-order chi connectivity index (χ1) is 15.6. The monoisotopic (exact) mass is 460 g/mol. The minimum atomic E-state index is -1.17. The molecule has 1 aromatic carbocycles. The molecule has 0 aliphatic carbocycles. The molecule has 0 unspecified atom stereocenters. The van der Waals surface area contributed by atoms with Crippen LogP contribution in [0.4, 0.5) is 10.1 Å². The average Bonchev–Trinajstić information content (AvgIpc) is 3.21. The third kappa shape index (κ3) is 5.45. The van der Waals surface area contributed by atoms with Gasteiger partial charge in [0.25, 0.3) is 11.8 Å². The third-order valence-corrected chi connectivity index (χ3v) is 5.33. The van der Waals surface area contributed by atoms with Crippen molar-refractivity contribution in [2.45, 2.75) is 38.9 Å². The third-order valence-electron chi connectivity index (χ3n) is 5.33. The van der Waals surface area contributed by atoms with Gasteiger partial charge in [0.05, 0.1) is 29.8 Å². The molecule has 2 atom stereocenters. The van der Waals surface area contributed by atoms with Crippen LogP contribution in [0.3, 0.4) is 0 Å². The summed E-state index contributed by atoms with van der Waals surface area (Å²) >= 11 is 0. The Balaban J connectivity index is 1.72. The molecular formula is C22H25FN4O6. The predicted octanol–water partition coefficient (Wildman–Crippen LogP) is 0.912. The standard InChI is InChI=1S/C22H25FN4O6/c1-10-18(8-16-15-5-12(23)3-4-17(15)27-21(16)31)26-11(2)20(10)22(32)25-9-14(29)6-13(28)7-19(30)33-24/h3-5,8,13-14,26,28-29H,6-7,9,24H2,1-2H3,(H,25,32)(H,27,31)/b16-8-/t13-,14+/m1/s1. The SMILES string of the molecule is Cc1[nH]c(/C=C2\C(=O)Nc3ccc(F)cc32)c(C)c1C(=O)NC[C@@H](O)C[C@@H](O)CC(=O)ON. The summed E-state index contributed by atoms with van der Waals surface area (Å²) in [5.41, 5.74) is 3.14. The first-order valence-corrected chi connectivity index (χ1v) is 10.2. The van der Waals surface area contributed by atoms with Crippen molar-refractivity contribution in [3.63, 3.8) is 0 Å². The molecule has 10 nitrogen and oxygen atoms in total. The molecule has 2 aromatic rings. The number of H-pyrrole nitrogens is 1. The van der Waals surface area contributed by atoms with E-state index in [1.165, 1.54) is 18.2 Å². The van der Waals surface area contributed by atoms with Gasteiger partial charge in [0.2, 0.25) is 0 Å². The Morgan fingerprint density at radius 1 is 1.27 bits per heavy atom. The van der Waals surface area contributed by atoms with Gasteiger partial charge in [-0.25, -0.2) is 4.39 Å². The van der Waals surface area contributed by atoms with Crippen LogP contribution in [0.5, 0.6) is 0 Å². The lowest BCUT2D eigenvalue weighted by atomic mass is 10.0. The van der Waals surface area contributed by atoms with Gasteiger partial charge in [-0.05, 0) is 43.7 Å². The number of rotatable bonds is 8. The molecule has 0 spiro atoms. The minimum Gasteiger partial charge on any atom is -0.392 e. The maximum absolute atomic E-state index is 13.7. The topological polar surface area (TPSA) is 167 Å². The van der Waals surface area contributed by atoms with Gasteiger partial charge in [0.1, 0.15) is 5.82 Å². The van der Waals surface area contributed by atoms with Gasteiger partial charge in [-0.2, -0.15) is 5.90 Å². The molecule has 11 heteroatoms. The van der Waals surface area contributed by atoms with Crippen LogP contribution < -0.4 is 16.5 Å². The van der Waals surface area contributed by atoms with Crippen LogP contribution in [0.25, 0.3) is 11.6 Å². The van der Waals surface area contributed by atoms with E-state index >= 15 is 0 Å². The van der Waals surface area contributed by atoms with Gasteiger partial charge in [-0.3, -0.25) is 14.4 Å². The van der Waals surface area contributed by atoms with Crippen molar-refractivity contribution in [1.82, 2.24) is 10.3 Å². The van der Waals surface area contributed by atoms with Gasteiger partial charge >= 0.3 is 5.97 Å². The van der Waals surface area contributed by atoms with Gasteiger partial charge in [-0.1, -0.05) is 0 Å². The number of nitrogens with one attached hydrogen (secondary N) is 3. The van der Waals surface area contributed by atoms with Crippen molar-refractivity contribution < 1.29 is 33.8 Å². The minimum absolute atomic E-state index is 0.164. The highest BCUT2D eigenvalue weighted by Gasteiger charge is 2.26. The van der Waals surface area contributed by atoms with Crippen molar-refractivity contribution in [2.75, 3.05) is 11.9 Å². The summed E-state index contributed by atoms with van der Waals surface area (Å²) in [5.74, 6) is 2.56. The molecule has 1 aromatic heterocycles. The summed E-state index contributed by atoms with van der Waals surface area (Å²) in [6.07, 6.45) is -1.27. The van der Waals surface area contributed by atoms with Crippen LogP contribution in [0, 0.1) is 19.7 Å². The molecule has 1 aliphatic heterocycles. The summed E-state index contributed by atoms with van der Waals surface area (Å²) in [6.45, 7) is 3.22. The Bertz CT molecular complexity index is 1130. The lowest BCUT2D eigenvalue weighted by molar-refractivity contribution is -0.146. The van der Waals surface area contributed by atoms with Crippen LogP contribution in [0.2, 0.25) is 0 Å². The number of halogens is 1. The van der Waals surface area contributed by atoms with Gasteiger partial charge < -0.3 is 30.7 Å². The molecule has 0 saturated carbocycles. The number of nitrogens with two attached hydrogens (primary N) is 1. The lowest BCUT2D eigenvalue weighted by Gasteiger charge is -2.15. The summed E-state index contributed by atoms with van der Waals surface area (Å²) in [4.78, 5) is 43.1. The second-order valence-electron chi connectivity index (χ2n) is 7.81. The molecule has 2 amide bonds. The average molecular weight is 460 g/mol. The number of fused-ring (bicyclic) bond motifs is 1. The summed E-state index contributed by atoms with van der Waals surface area (Å²) < 4.78 is 13.7. The number of aromatic nitrogens is 1. The smallest absolute Gasteiger partial charge is 0.327 e. The van der Waals surface area contributed by atoms with E-state index in [-0.39, 0.29) is 30.9 Å². The highest BCUT2D eigenvalue weighted by Crippen LogP contribution is 2.34. The fraction of sp³-hybridized carbons (Fsp3) is 0.318. The number of benzene rings is 1. The van der Waals surface area contributed by atoms with E-state index in [0.29, 0.717) is 33.8 Å². The molecule has 0 radical (unpaired) electrons. The van der Waals surface area contributed by atoms with E-state index in [0.717, 1.165) is 0 Å². The number of carbonyl (C=O) groups excluding carboxylic acids is 3. The zero-order valence-electron chi connectivity index (χ0n) is 18.1. The van der Waals surface area contributed by atoms with Crippen molar-refractivity contribution in [3.05, 3.63) is 52.1 Å². The maximum Gasteiger partial charge on any atom is 0.327 e. The van der Waals surface area contributed by atoms with Gasteiger partial charge in [0, 0.05) is 35.6 Å². The van der Waals surface area contributed by atoms with Gasteiger partial charge in [-0.15, -0.1) is 0 Å². The van der Waals surface area contributed by atoms with Crippen LogP contribution in [-0.2, 0) is 14.4 Å². The summed E-state index contributed by atoms with van der Waals surface area (Å²) in [6, 6.07) is 4.00. The molecule has 0 bridgehead atoms. The normalized spacial score (nSPS) is 15.7. The molecule has 0 fully saturated rings. The quantitative estimate of drug-likeness (QED) is 0.251. The van der Waals surface area contributed by atoms with Crippen LogP contribution >= 0.6 is 0 Å². The maximum atomic E-state index is 13.7.